The van der Waals surface area contributed by atoms with Crippen molar-refractivity contribution in [2.75, 3.05) is 19.6 Å². The van der Waals surface area contributed by atoms with E-state index in [2.05, 4.69) is 46.8 Å². The van der Waals surface area contributed by atoms with Crippen molar-refractivity contribution in [3.63, 3.8) is 0 Å². The second-order valence-corrected chi connectivity index (χ2v) is 4.71. The average Bonchev–Trinajstić information content (AvgIpc) is 2.68. The van der Waals surface area contributed by atoms with Crippen LogP contribution >= 0.6 is 0 Å². The Kier molecular flexibility index (Phi) is 5.06. The van der Waals surface area contributed by atoms with Crippen LogP contribution in [0.1, 0.15) is 30.9 Å². The van der Waals surface area contributed by atoms with Gasteiger partial charge in [-0.05, 0) is 36.8 Å². The first kappa shape index (κ1) is 12.9. The van der Waals surface area contributed by atoms with Gasteiger partial charge >= 0.3 is 0 Å². The summed E-state index contributed by atoms with van der Waals surface area (Å²) in [6, 6.07) is 8.89. The van der Waals surface area contributed by atoms with Crippen molar-refractivity contribution in [1.82, 2.24) is 10.6 Å². The third-order valence-corrected chi connectivity index (χ3v) is 3.28. The molecule has 0 fully saturated rings. The van der Waals surface area contributed by atoms with Gasteiger partial charge in [-0.15, -0.1) is 0 Å². The van der Waals surface area contributed by atoms with Crippen molar-refractivity contribution in [2.24, 2.45) is 4.99 Å². The summed E-state index contributed by atoms with van der Waals surface area (Å²) in [5.74, 6) is 0.970. The van der Waals surface area contributed by atoms with Gasteiger partial charge in [0.1, 0.15) is 0 Å². The Balaban J connectivity index is 1.75. The summed E-state index contributed by atoms with van der Waals surface area (Å²) < 4.78 is 0. The fraction of sp³-hybridized carbons (Fsp3) is 0.533. The molecule has 1 aliphatic rings. The molecule has 3 nitrogen and oxygen atoms in total. The van der Waals surface area contributed by atoms with Crippen molar-refractivity contribution in [3.8, 4) is 0 Å². The van der Waals surface area contributed by atoms with Crippen LogP contribution in [0.2, 0.25) is 0 Å². The summed E-state index contributed by atoms with van der Waals surface area (Å²) in [4.78, 5) is 4.48. The molecular weight excluding hydrogens is 222 g/mol. The van der Waals surface area contributed by atoms with E-state index in [0.717, 1.165) is 38.4 Å². The number of benzene rings is 1. The molecule has 1 aromatic rings. The molecule has 18 heavy (non-hydrogen) atoms. The third-order valence-electron chi connectivity index (χ3n) is 3.28. The minimum Gasteiger partial charge on any atom is -0.356 e. The summed E-state index contributed by atoms with van der Waals surface area (Å²) in [6.45, 7) is 5.11. The van der Waals surface area contributed by atoms with Gasteiger partial charge < -0.3 is 10.6 Å². The number of rotatable bonds is 4. The minimum absolute atomic E-state index is 0.942. The average molecular weight is 245 g/mol. The Morgan fingerprint density at radius 3 is 2.72 bits per heavy atom. The molecule has 0 aliphatic carbocycles. The van der Waals surface area contributed by atoms with Crippen LogP contribution in [-0.2, 0) is 12.8 Å². The molecule has 1 heterocycles. The zero-order valence-corrected chi connectivity index (χ0v) is 11.2. The molecule has 1 aliphatic heterocycles. The van der Waals surface area contributed by atoms with E-state index in [1.807, 2.05) is 0 Å². The molecule has 0 saturated carbocycles. The first-order valence-electron chi connectivity index (χ1n) is 6.98. The lowest BCUT2D eigenvalue weighted by Gasteiger charge is -2.10. The quantitative estimate of drug-likeness (QED) is 0.852. The van der Waals surface area contributed by atoms with E-state index in [1.165, 1.54) is 24.0 Å². The van der Waals surface area contributed by atoms with Gasteiger partial charge in [0.05, 0.1) is 0 Å². The van der Waals surface area contributed by atoms with Crippen LogP contribution in [-0.4, -0.2) is 25.6 Å². The van der Waals surface area contributed by atoms with Crippen LogP contribution < -0.4 is 10.6 Å². The van der Waals surface area contributed by atoms with Gasteiger partial charge in [-0.2, -0.15) is 0 Å². The van der Waals surface area contributed by atoms with Crippen molar-refractivity contribution < 1.29 is 0 Å². The first-order chi connectivity index (χ1) is 8.88. The van der Waals surface area contributed by atoms with Crippen LogP contribution in [0.4, 0.5) is 0 Å². The highest BCUT2D eigenvalue weighted by molar-refractivity contribution is 5.79. The lowest BCUT2D eigenvalue weighted by molar-refractivity contribution is 0.741. The van der Waals surface area contributed by atoms with Crippen molar-refractivity contribution in [3.05, 3.63) is 35.4 Å². The summed E-state index contributed by atoms with van der Waals surface area (Å²) in [5, 5.41) is 6.70. The van der Waals surface area contributed by atoms with Crippen LogP contribution in [0.15, 0.2) is 29.3 Å². The number of hydrogen-bond donors (Lipinski definition) is 2. The smallest absolute Gasteiger partial charge is 0.191 e. The van der Waals surface area contributed by atoms with E-state index >= 15 is 0 Å². The zero-order chi connectivity index (χ0) is 12.6. The Hall–Kier alpha value is -1.51. The molecule has 0 bridgehead atoms. The summed E-state index contributed by atoms with van der Waals surface area (Å²) >= 11 is 0. The Bertz CT molecular complexity index is 381. The number of hydrogen-bond acceptors (Lipinski definition) is 3. The molecule has 3 heteroatoms. The van der Waals surface area contributed by atoms with E-state index in [4.69, 9.17) is 0 Å². The standard InChI is InChI=1S/C15H23N3/c1-2-13-5-7-14(8-6-13)9-12-18-15-16-10-3-4-11-17-15/h5-8H,2-4,9-12H2,1H3,(H2,16,17,18). The number of nitrogens with one attached hydrogen (secondary N) is 2. The van der Waals surface area contributed by atoms with Crippen LogP contribution in [0.3, 0.4) is 0 Å². The molecule has 0 aromatic heterocycles. The predicted molar refractivity (Wildman–Crippen MR) is 77.1 cm³/mol. The molecule has 0 atom stereocenters. The van der Waals surface area contributed by atoms with Gasteiger partial charge in [0.2, 0.25) is 0 Å². The van der Waals surface area contributed by atoms with Crippen molar-refractivity contribution in [1.29, 1.82) is 0 Å². The second kappa shape index (κ2) is 7.04. The highest BCUT2D eigenvalue weighted by atomic mass is 15.2. The molecule has 0 saturated heterocycles. The largest absolute Gasteiger partial charge is 0.356 e. The SMILES string of the molecule is CCc1ccc(CCNC2=NCCCCN2)cc1. The fourth-order valence-electron chi connectivity index (χ4n) is 2.08. The van der Waals surface area contributed by atoms with Crippen molar-refractivity contribution >= 4 is 5.96 Å². The molecule has 0 amide bonds. The molecular formula is C15H23N3. The summed E-state index contributed by atoms with van der Waals surface area (Å²) in [5.41, 5.74) is 2.79. The van der Waals surface area contributed by atoms with E-state index in [-0.39, 0.29) is 0 Å². The van der Waals surface area contributed by atoms with Crippen LogP contribution in [0.25, 0.3) is 0 Å². The number of aryl methyl sites for hydroxylation is 1. The minimum atomic E-state index is 0.942. The third kappa shape index (κ3) is 4.06. The highest BCUT2D eigenvalue weighted by Crippen LogP contribution is 2.05. The summed E-state index contributed by atoms with van der Waals surface area (Å²) in [7, 11) is 0. The second-order valence-electron chi connectivity index (χ2n) is 4.71. The van der Waals surface area contributed by atoms with Gasteiger partial charge in [-0.1, -0.05) is 31.2 Å². The van der Waals surface area contributed by atoms with Gasteiger partial charge in [0.25, 0.3) is 0 Å². The molecule has 98 valence electrons. The Morgan fingerprint density at radius 2 is 1.94 bits per heavy atom. The van der Waals surface area contributed by atoms with Gasteiger partial charge in [-0.3, -0.25) is 4.99 Å². The lowest BCUT2D eigenvalue weighted by Crippen LogP contribution is -2.38. The van der Waals surface area contributed by atoms with E-state index in [0.29, 0.717) is 0 Å². The van der Waals surface area contributed by atoms with Crippen LogP contribution in [0.5, 0.6) is 0 Å². The van der Waals surface area contributed by atoms with Gasteiger partial charge in [-0.25, -0.2) is 0 Å². The molecule has 0 radical (unpaired) electrons. The van der Waals surface area contributed by atoms with E-state index in [9.17, 15) is 0 Å². The maximum atomic E-state index is 4.48. The fourth-order valence-corrected chi connectivity index (χ4v) is 2.08. The number of guanidine groups is 1. The van der Waals surface area contributed by atoms with E-state index < -0.39 is 0 Å². The Morgan fingerprint density at radius 1 is 1.17 bits per heavy atom. The lowest BCUT2D eigenvalue weighted by atomic mass is 10.1. The first-order valence-corrected chi connectivity index (χ1v) is 6.98. The monoisotopic (exact) mass is 245 g/mol. The highest BCUT2D eigenvalue weighted by Gasteiger charge is 2.01. The number of nitrogens with zero attached hydrogens (tertiary/aromatic N) is 1. The number of aliphatic imine (C=N–C) groups is 1. The molecule has 2 N–H and O–H groups in total. The van der Waals surface area contributed by atoms with Gasteiger partial charge in [0.15, 0.2) is 5.96 Å². The normalized spacial score (nSPS) is 15.5. The summed E-state index contributed by atoms with van der Waals surface area (Å²) in [6.07, 6.45) is 4.56. The predicted octanol–water partition coefficient (Wildman–Crippen LogP) is 2.12. The maximum Gasteiger partial charge on any atom is 0.191 e. The zero-order valence-electron chi connectivity index (χ0n) is 11.2. The van der Waals surface area contributed by atoms with E-state index in [1.54, 1.807) is 0 Å². The molecule has 2 rings (SSSR count). The maximum absolute atomic E-state index is 4.48. The Labute approximate surface area is 110 Å². The molecule has 0 spiro atoms. The molecule has 0 unspecified atom stereocenters. The molecule has 1 aromatic carbocycles. The van der Waals surface area contributed by atoms with Crippen molar-refractivity contribution in [2.45, 2.75) is 32.6 Å². The van der Waals surface area contributed by atoms with Gasteiger partial charge in [0, 0.05) is 19.6 Å². The topological polar surface area (TPSA) is 36.4 Å². The van der Waals surface area contributed by atoms with Crippen LogP contribution in [0, 0.1) is 0 Å².